The maximum absolute atomic E-state index is 12.0. The molecule has 0 aliphatic rings. The Morgan fingerprint density at radius 1 is 1.32 bits per heavy atom. The molecule has 0 unspecified atom stereocenters. The van der Waals surface area contributed by atoms with Crippen molar-refractivity contribution < 1.29 is 24.5 Å². The van der Waals surface area contributed by atoms with Gasteiger partial charge >= 0.3 is 5.97 Å². The van der Waals surface area contributed by atoms with Crippen molar-refractivity contribution in [3.63, 3.8) is 0 Å². The molecule has 0 bridgehead atoms. The number of hydrogen-bond donors (Lipinski definition) is 4. The number of phenolic OH excluding ortho intramolecular Hbond substituents is 1. The highest BCUT2D eigenvalue weighted by molar-refractivity contribution is 5.87. The molecule has 0 saturated heterocycles. The smallest absolute Gasteiger partial charge is 0.328 e. The van der Waals surface area contributed by atoms with Gasteiger partial charge in [0.25, 0.3) is 0 Å². The van der Waals surface area contributed by atoms with Crippen molar-refractivity contribution in [2.45, 2.75) is 38.5 Å². The number of benzene rings is 1. The van der Waals surface area contributed by atoms with Gasteiger partial charge in [-0.15, -0.1) is 0 Å². The number of rotatable bonds is 7. The second kappa shape index (κ2) is 8.35. The zero-order valence-electron chi connectivity index (χ0n) is 12.7. The number of aliphatic hydroxyl groups is 1. The topological polar surface area (TPSA) is 122 Å². The first-order valence-corrected chi connectivity index (χ1v) is 7.03. The van der Waals surface area contributed by atoms with Gasteiger partial charge < -0.3 is 26.0 Å². The number of hydrogen-bond acceptors (Lipinski definition) is 6. The van der Waals surface area contributed by atoms with E-state index in [0.29, 0.717) is 0 Å². The number of phenols is 1. The fraction of sp³-hybridized carbons (Fsp3) is 0.467. The lowest BCUT2D eigenvalue weighted by atomic mass is 10.0. The molecule has 1 aromatic carbocycles. The molecule has 1 aromatic rings. The van der Waals surface area contributed by atoms with E-state index in [-0.39, 0.29) is 18.8 Å². The Balaban J connectivity index is 2.82. The Morgan fingerprint density at radius 2 is 1.91 bits per heavy atom. The van der Waals surface area contributed by atoms with Crippen LogP contribution in [0.2, 0.25) is 0 Å². The van der Waals surface area contributed by atoms with Crippen molar-refractivity contribution in [2.75, 3.05) is 6.61 Å². The van der Waals surface area contributed by atoms with Crippen LogP contribution < -0.4 is 11.1 Å². The van der Waals surface area contributed by atoms with Crippen LogP contribution in [0.5, 0.6) is 5.75 Å². The summed E-state index contributed by atoms with van der Waals surface area (Å²) in [5.74, 6) is -1.11. The number of nitrogens with two attached hydrogens (primary N) is 1. The third-order valence-electron chi connectivity index (χ3n) is 3.09. The van der Waals surface area contributed by atoms with Crippen molar-refractivity contribution in [2.24, 2.45) is 5.73 Å². The zero-order chi connectivity index (χ0) is 16.7. The van der Waals surface area contributed by atoms with E-state index in [0.717, 1.165) is 5.56 Å². The summed E-state index contributed by atoms with van der Waals surface area (Å²) in [6, 6.07) is 4.21. The summed E-state index contributed by atoms with van der Waals surface area (Å²) >= 11 is 0. The molecule has 3 atom stereocenters. The molecule has 1 rings (SSSR count). The third kappa shape index (κ3) is 5.34. The first-order chi connectivity index (χ1) is 10.3. The highest BCUT2D eigenvalue weighted by Crippen LogP contribution is 2.12. The summed E-state index contributed by atoms with van der Waals surface area (Å²) in [7, 11) is 0. The minimum Gasteiger partial charge on any atom is -0.508 e. The Kier molecular flexibility index (Phi) is 6.81. The summed E-state index contributed by atoms with van der Waals surface area (Å²) in [5, 5.41) is 21.1. The minimum absolute atomic E-state index is 0.108. The van der Waals surface area contributed by atoms with Gasteiger partial charge in [-0.2, -0.15) is 0 Å². The maximum atomic E-state index is 12.0. The van der Waals surface area contributed by atoms with Crippen LogP contribution in [-0.2, 0) is 20.7 Å². The van der Waals surface area contributed by atoms with Gasteiger partial charge in [-0.1, -0.05) is 12.1 Å². The Bertz CT molecular complexity index is 501. The molecule has 5 N–H and O–H groups in total. The highest BCUT2D eigenvalue weighted by Gasteiger charge is 2.27. The van der Waals surface area contributed by atoms with E-state index in [4.69, 9.17) is 10.5 Å². The predicted octanol–water partition coefficient (Wildman–Crippen LogP) is -0.309. The second-order valence-corrected chi connectivity index (χ2v) is 4.95. The average molecular weight is 310 g/mol. The number of aromatic hydroxyl groups is 1. The fourth-order valence-electron chi connectivity index (χ4n) is 1.79. The van der Waals surface area contributed by atoms with Crippen molar-refractivity contribution in [1.29, 1.82) is 0 Å². The lowest BCUT2D eigenvalue weighted by Crippen LogP contribution is -2.53. The van der Waals surface area contributed by atoms with Crippen molar-refractivity contribution in [1.82, 2.24) is 5.32 Å². The van der Waals surface area contributed by atoms with E-state index < -0.39 is 30.1 Å². The van der Waals surface area contributed by atoms with Crippen LogP contribution in [-0.4, -0.2) is 46.9 Å². The number of carbonyl (C=O) groups excluding carboxylic acids is 2. The van der Waals surface area contributed by atoms with Gasteiger partial charge in [0, 0.05) is 6.42 Å². The van der Waals surface area contributed by atoms with E-state index in [1.165, 1.54) is 19.1 Å². The SMILES string of the molecule is CCOC(=O)[C@@H](Cc1ccc(O)cc1)NC(=O)[C@H](N)[C@@H](C)O. The molecular formula is C15H22N2O5. The van der Waals surface area contributed by atoms with Crippen LogP contribution in [0.25, 0.3) is 0 Å². The van der Waals surface area contributed by atoms with Crippen molar-refractivity contribution >= 4 is 11.9 Å². The fourth-order valence-corrected chi connectivity index (χ4v) is 1.79. The van der Waals surface area contributed by atoms with E-state index in [1.54, 1.807) is 19.1 Å². The summed E-state index contributed by atoms with van der Waals surface area (Å²) in [5.41, 5.74) is 6.29. The van der Waals surface area contributed by atoms with E-state index in [2.05, 4.69) is 5.32 Å². The molecule has 0 fully saturated rings. The highest BCUT2D eigenvalue weighted by atomic mass is 16.5. The van der Waals surface area contributed by atoms with Crippen molar-refractivity contribution in [3.8, 4) is 5.75 Å². The molecule has 22 heavy (non-hydrogen) atoms. The zero-order valence-corrected chi connectivity index (χ0v) is 12.7. The summed E-state index contributed by atoms with van der Waals surface area (Å²) < 4.78 is 4.93. The van der Waals surface area contributed by atoms with E-state index in [1.807, 2.05) is 0 Å². The number of ether oxygens (including phenoxy) is 1. The largest absolute Gasteiger partial charge is 0.508 e. The molecule has 122 valence electrons. The van der Waals surface area contributed by atoms with Crippen LogP contribution >= 0.6 is 0 Å². The standard InChI is InChI=1S/C15H22N2O5/c1-3-22-15(21)12(17-14(20)13(16)9(2)18)8-10-4-6-11(19)7-5-10/h4-7,9,12-13,18-19H,3,8,16H2,1-2H3,(H,17,20)/t9-,12-,13-/m1/s1. The summed E-state index contributed by atoms with van der Waals surface area (Å²) in [6.07, 6.45) is -0.839. The molecule has 7 nitrogen and oxygen atoms in total. The predicted molar refractivity (Wildman–Crippen MR) is 80.0 cm³/mol. The molecule has 0 radical (unpaired) electrons. The molecule has 0 aromatic heterocycles. The van der Waals surface area contributed by atoms with Crippen LogP contribution in [0.3, 0.4) is 0 Å². The van der Waals surface area contributed by atoms with Gasteiger partial charge in [0.05, 0.1) is 12.7 Å². The molecule has 7 heteroatoms. The Morgan fingerprint density at radius 3 is 2.41 bits per heavy atom. The van der Waals surface area contributed by atoms with Gasteiger partial charge in [0.2, 0.25) is 5.91 Å². The molecule has 0 aliphatic heterocycles. The van der Waals surface area contributed by atoms with E-state index >= 15 is 0 Å². The Hall–Kier alpha value is -2.12. The molecule has 0 saturated carbocycles. The number of nitrogens with one attached hydrogen (secondary N) is 1. The van der Waals surface area contributed by atoms with E-state index in [9.17, 15) is 19.8 Å². The van der Waals surface area contributed by atoms with Gasteiger partial charge in [0.1, 0.15) is 17.8 Å². The number of amides is 1. The first-order valence-electron chi connectivity index (χ1n) is 7.03. The van der Waals surface area contributed by atoms with Gasteiger partial charge in [-0.3, -0.25) is 4.79 Å². The summed E-state index contributed by atoms with van der Waals surface area (Å²) in [6.45, 7) is 3.24. The molecule has 1 amide bonds. The minimum atomic E-state index is -1.13. The normalized spacial score (nSPS) is 14.7. The number of aliphatic hydroxyl groups excluding tert-OH is 1. The van der Waals surface area contributed by atoms with Crippen molar-refractivity contribution in [3.05, 3.63) is 29.8 Å². The van der Waals surface area contributed by atoms with Crippen LogP contribution in [0.1, 0.15) is 19.4 Å². The molecular weight excluding hydrogens is 288 g/mol. The maximum Gasteiger partial charge on any atom is 0.328 e. The molecule has 0 heterocycles. The molecule has 0 spiro atoms. The average Bonchev–Trinajstić information content (AvgIpc) is 2.47. The third-order valence-corrected chi connectivity index (χ3v) is 3.09. The van der Waals surface area contributed by atoms with Crippen LogP contribution in [0, 0.1) is 0 Å². The first kappa shape index (κ1) is 17.9. The lowest BCUT2D eigenvalue weighted by Gasteiger charge is -2.21. The van der Waals surface area contributed by atoms with Crippen LogP contribution in [0.4, 0.5) is 0 Å². The summed E-state index contributed by atoms with van der Waals surface area (Å²) in [4.78, 5) is 23.9. The number of carbonyl (C=O) groups is 2. The van der Waals surface area contributed by atoms with Gasteiger partial charge in [0.15, 0.2) is 0 Å². The van der Waals surface area contributed by atoms with Crippen LogP contribution in [0.15, 0.2) is 24.3 Å². The molecule has 0 aliphatic carbocycles. The quantitative estimate of drug-likeness (QED) is 0.513. The van der Waals surface area contributed by atoms with Gasteiger partial charge in [-0.25, -0.2) is 4.79 Å². The number of esters is 1. The Labute approximate surface area is 129 Å². The lowest BCUT2D eigenvalue weighted by molar-refractivity contribution is -0.147. The van der Waals surface area contributed by atoms with Gasteiger partial charge in [-0.05, 0) is 31.5 Å². The monoisotopic (exact) mass is 310 g/mol. The second-order valence-electron chi connectivity index (χ2n) is 4.95.